The first-order valence-electron chi connectivity index (χ1n) is 4.55. The van der Waals surface area contributed by atoms with Crippen molar-refractivity contribution in [1.29, 1.82) is 0 Å². The Hall–Kier alpha value is -1.07. The van der Waals surface area contributed by atoms with Gasteiger partial charge < -0.3 is 19.1 Å². The number of rotatable bonds is 5. The zero-order valence-corrected chi connectivity index (χ0v) is 8.56. The van der Waals surface area contributed by atoms with Gasteiger partial charge in [0.15, 0.2) is 6.29 Å². The van der Waals surface area contributed by atoms with Crippen molar-refractivity contribution in [2.24, 2.45) is 0 Å². The lowest BCUT2D eigenvalue weighted by Gasteiger charge is -2.11. The monoisotopic (exact) mass is 201 g/mol. The van der Waals surface area contributed by atoms with Crippen molar-refractivity contribution in [2.45, 2.75) is 33.2 Å². The number of aliphatic hydroxyl groups is 1. The van der Waals surface area contributed by atoms with E-state index in [0.29, 0.717) is 12.2 Å². The predicted octanol–water partition coefficient (Wildman–Crippen LogP) is 1.49. The lowest BCUT2D eigenvalue weighted by molar-refractivity contribution is -0.0995. The minimum absolute atomic E-state index is 0.0207. The largest absolute Gasteiger partial charge is 0.472 e. The molecule has 80 valence electrons. The minimum Gasteiger partial charge on any atom is -0.472 e. The molecule has 0 saturated heterocycles. The molecule has 1 atom stereocenters. The Kier molecular flexibility index (Phi) is 3.91. The van der Waals surface area contributed by atoms with Gasteiger partial charge in [0, 0.05) is 6.61 Å². The normalized spacial score (nSPS) is 13.2. The van der Waals surface area contributed by atoms with E-state index in [1.54, 1.807) is 6.92 Å². The third-order valence-electron chi connectivity index (χ3n) is 1.50. The Bertz CT molecular complexity index is 272. The molecule has 0 amide bonds. The van der Waals surface area contributed by atoms with Gasteiger partial charge in [-0.3, -0.25) is 0 Å². The average Bonchev–Trinajstić information content (AvgIpc) is 2.51. The number of hydrogen-bond acceptors (Lipinski definition) is 5. The van der Waals surface area contributed by atoms with Crippen LogP contribution in [0, 0.1) is 0 Å². The van der Waals surface area contributed by atoms with E-state index in [9.17, 15) is 5.11 Å². The topological polar surface area (TPSA) is 64.7 Å². The summed E-state index contributed by atoms with van der Waals surface area (Å²) in [6.07, 6.45) is 0.255. The summed E-state index contributed by atoms with van der Waals surface area (Å²) in [6.45, 7) is 5.93. The molecule has 1 rings (SSSR count). The molecule has 0 aromatic carbocycles. The van der Waals surface area contributed by atoms with Crippen LogP contribution in [0.3, 0.4) is 0 Å². The molecule has 5 nitrogen and oxygen atoms in total. The van der Waals surface area contributed by atoms with E-state index in [-0.39, 0.29) is 12.0 Å². The van der Waals surface area contributed by atoms with Gasteiger partial charge in [-0.15, -0.1) is 0 Å². The van der Waals surface area contributed by atoms with E-state index in [0.717, 1.165) is 0 Å². The van der Waals surface area contributed by atoms with Gasteiger partial charge in [0.2, 0.25) is 0 Å². The lowest BCUT2D eigenvalue weighted by Crippen LogP contribution is -2.10. The second kappa shape index (κ2) is 4.97. The van der Waals surface area contributed by atoms with Crippen LogP contribution in [0.2, 0.25) is 0 Å². The SMILES string of the molecule is CCOC(O)c1conc1OC(C)C. The molecule has 1 aromatic rings. The molecule has 5 heteroatoms. The van der Waals surface area contributed by atoms with Crippen molar-refractivity contribution in [1.82, 2.24) is 5.16 Å². The van der Waals surface area contributed by atoms with Crippen LogP contribution < -0.4 is 4.74 Å². The average molecular weight is 201 g/mol. The first-order chi connectivity index (χ1) is 6.65. The molecule has 1 N–H and O–H groups in total. The third kappa shape index (κ3) is 2.71. The second-order valence-electron chi connectivity index (χ2n) is 3.05. The smallest absolute Gasteiger partial charge is 0.262 e. The summed E-state index contributed by atoms with van der Waals surface area (Å²) in [5, 5.41) is 13.1. The van der Waals surface area contributed by atoms with Crippen molar-refractivity contribution in [3.63, 3.8) is 0 Å². The van der Waals surface area contributed by atoms with E-state index >= 15 is 0 Å². The standard InChI is InChI=1S/C9H15NO4/c1-4-12-9(11)7-5-13-10-8(7)14-6(2)3/h5-6,9,11H,4H2,1-3H3. The van der Waals surface area contributed by atoms with Gasteiger partial charge in [-0.25, -0.2) is 0 Å². The molecule has 0 aliphatic carbocycles. The Morgan fingerprint density at radius 2 is 2.29 bits per heavy atom. The van der Waals surface area contributed by atoms with Gasteiger partial charge in [0.05, 0.1) is 6.10 Å². The van der Waals surface area contributed by atoms with E-state index in [4.69, 9.17) is 14.0 Å². The molecule has 0 saturated carbocycles. The first kappa shape index (κ1) is 11.0. The molecule has 1 aromatic heterocycles. The third-order valence-corrected chi connectivity index (χ3v) is 1.50. The van der Waals surface area contributed by atoms with Gasteiger partial charge in [-0.1, -0.05) is 0 Å². The summed E-state index contributed by atoms with van der Waals surface area (Å²) in [6, 6.07) is 0. The summed E-state index contributed by atoms with van der Waals surface area (Å²) in [4.78, 5) is 0. The van der Waals surface area contributed by atoms with E-state index in [2.05, 4.69) is 5.16 Å². The van der Waals surface area contributed by atoms with Crippen LogP contribution in [0.4, 0.5) is 0 Å². The van der Waals surface area contributed by atoms with Crippen LogP contribution in [0.1, 0.15) is 32.6 Å². The maximum Gasteiger partial charge on any atom is 0.262 e. The summed E-state index contributed by atoms with van der Waals surface area (Å²) in [5.74, 6) is 0.279. The van der Waals surface area contributed by atoms with Crippen LogP contribution in [-0.2, 0) is 4.74 Å². The maximum absolute atomic E-state index is 9.50. The molecular weight excluding hydrogens is 186 g/mol. The quantitative estimate of drug-likeness (QED) is 0.731. The molecule has 0 spiro atoms. The number of nitrogens with zero attached hydrogens (tertiary/aromatic N) is 1. The molecule has 0 aliphatic heterocycles. The molecule has 1 heterocycles. The first-order valence-corrected chi connectivity index (χ1v) is 4.55. The van der Waals surface area contributed by atoms with Gasteiger partial charge in [0.1, 0.15) is 11.8 Å². The summed E-state index contributed by atoms with van der Waals surface area (Å²) >= 11 is 0. The van der Waals surface area contributed by atoms with E-state index in [1.807, 2.05) is 13.8 Å². The van der Waals surface area contributed by atoms with Crippen LogP contribution >= 0.6 is 0 Å². The highest BCUT2D eigenvalue weighted by Crippen LogP contribution is 2.25. The zero-order chi connectivity index (χ0) is 10.6. The van der Waals surface area contributed by atoms with E-state index < -0.39 is 6.29 Å². The highest BCUT2D eigenvalue weighted by Gasteiger charge is 2.18. The molecule has 1 unspecified atom stereocenters. The number of ether oxygens (including phenoxy) is 2. The van der Waals surface area contributed by atoms with Crippen molar-refractivity contribution >= 4 is 0 Å². The lowest BCUT2D eigenvalue weighted by atomic mass is 10.3. The molecule has 0 fully saturated rings. The van der Waals surface area contributed by atoms with Crippen LogP contribution in [0.25, 0.3) is 0 Å². The minimum atomic E-state index is -1.04. The van der Waals surface area contributed by atoms with Gasteiger partial charge >= 0.3 is 0 Å². The zero-order valence-electron chi connectivity index (χ0n) is 8.56. The summed E-state index contributed by atoms with van der Waals surface area (Å²) < 4.78 is 15.0. The Labute approximate surface area is 82.6 Å². The number of hydrogen-bond donors (Lipinski definition) is 1. The fraction of sp³-hybridized carbons (Fsp3) is 0.667. The highest BCUT2D eigenvalue weighted by molar-refractivity contribution is 5.22. The Balaban J connectivity index is 2.70. The number of aromatic nitrogens is 1. The van der Waals surface area contributed by atoms with Crippen LogP contribution in [0.15, 0.2) is 10.8 Å². The van der Waals surface area contributed by atoms with Crippen molar-refractivity contribution in [2.75, 3.05) is 6.61 Å². The summed E-state index contributed by atoms with van der Waals surface area (Å²) in [5.41, 5.74) is 0.417. The maximum atomic E-state index is 9.50. The molecule has 0 bridgehead atoms. The van der Waals surface area contributed by atoms with E-state index in [1.165, 1.54) is 6.26 Å². The highest BCUT2D eigenvalue weighted by atomic mass is 16.6. The van der Waals surface area contributed by atoms with Crippen LogP contribution in [-0.4, -0.2) is 23.0 Å². The number of aliphatic hydroxyl groups excluding tert-OH is 1. The van der Waals surface area contributed by atoms with Crippen LogP contribution in [0.5, 0.6) is 5.88 Å². The molecule has 0 aliphatic rings. The Morgan fingerprint density at radius 1 is 1.57 bits per heavy atom. The summed E-state index contributed by atoms with van der Waals surface area (Å²) in [7, 11) is 0. The van der Waals surface area contributed by atoms with Crippen molar-refractivity contribution in [3.8, 4) is 5.88 Å². The Morgan fingerprint density at radius 3 is 2.86 bits per heavy atom. The van der Waals surface area contributed by atoms with Gasteiger partial charge in [-0.05, 0) is 25.9 Å². The fourth-order valence-electron chi connectivity index (χ4n) is 0.958. The van der Waals surface area contributed by atoms with Gasteiger partial charge in [-0.2, -0.15) is 0 Å². The van der Waals surface area contributed by atoms with Crippen molar-refractivity contribution < 1.29 is 19.1 Å². The van der Waals surface area contributed by atoms with Gasteiger partial charge in [0.25, 0.3) is 5.88 Å². The van der Waals surface area contributed by atoms with Crippen molar-refractivity contribution in [3.05, 3.63) is 11.8 Å². The second-order valence-corrected chi connectivity index (χ2v) is 3.05. The fourth-order valence-corrected chi connectivity index (χ4v) is 0.958. The molecular formula is C9H15NO4. The molecule has 14 heavy (non-hydrogen) atoms. The predicted molar refractivity (Wildman–Crippen MR) is 48.9 cm³/mol. The molecule has 0 radical (unpaired) electrons.